The zero-order chi connectivity index (χ0) is 20.9. The first-order valence-corrected chi connectivity index (χ1v) is 9.26. The summed E-state index contributed by atoms with van der Waals surface area (Å²) in [6.45, 7) is 6.29. The summed E-state index contributed by atoms with van der Waals surface area (Å²) < 4.78 is 49.5. The van der Waals surface area contributed by atoms with E-state index in [0.29, 0.717) is 30.2 Å². The standard InChI is InChI=1S/C19H28F3N3O3/c1-18(2,3)28-17(26)24-8-11-27-16-12-14(23)4-5-15(16)25-9-6-13(7-10-25)19(20,21)22/h4-5,12-13H,6-11,23H2,1-3H3,(H,24,26). The average Bonchev–Trinajstić information content (AvgIpc) is 2.57. The molecule has 0 bridgehead atoms. The summed E-state index contributed by atoms with van der Waals surface area (Å²) in [4.78, 5) is 13.5. The molecule has 2 rings (SSSR count). The smallest absolute Gasteiger partial charge is 0.407 e. The summed E-state index contributed by atoms with van der Waals surface area (Å²) in [6.07, 6.45) is -4.60. The number of alkyl carbamates (subject to hydrolysis) is 1. The van der Waals surface area contributed by atoms with Crippen LogP contribution < -0.4 is 20.7 Å². The number of nitrogens with zero attached hydrogens (tertiary/aromatic N) is 1. The number of ether oxygens (including phenoxy) is 2. The predicted molar refractivity (Wildman–Crippen MR) is 102 cm³/mol. The van der Waals surface area contributed by atoms with Crippen molar-refractivity contribution < 1.29 is 27.4 Å². The second-order valence-corrected chi connectivity index (χ2v) is 7.81. The van der Waals surface area contributed by atoms with Crippen LogP contribution in [0.25, 0.3) is 0 Å². The van der Waals surface area contributed by atoms with Gasteiger partial charge in [-0.15, -0.1) is 0 Å². The van der Waals surface area contributed by atoms with Crippen molar-refractivity contribution in [3.63, 3.8) is 0 Å². The maximum Gasteiger partial charge on any atom is 0.407 e. The number of nitrogen functional groups attached to an aromatic ring is 1. The molecule has 158 valence electrons. The molecule has 1 aliphatic rings. The van der Waals surface area contributed by atoms with Crippen LogP contribution in [0.1, 0.15) is 33.6 Å². The highest BCUT2D eigenvalue weighted by atomic mass is 19.4. The van der Waals surface area contributed by atoms with Crippen LogP contribution in [0.2, 0.25) is 0 Å². The number of carbonyl (C=O) groups excluding carboxylic acids is 1. The molecule has 0 aromatic heterocycles. The van der Waals surface area contributed by atoms with E-state index in [-0.39, 0.29) is 26.0 Å². The zero-order valence-corrected chi connectivity index (χ0v) is 16.4. The summed E-state index contributed by atoms with van der Waals surface area (Å²) in [5.74, 6) is -0.781. The number of amides is 1. The third-order valence-corrected chi connectivity index (χ3v) is 4.31. The molecule has 0 atom stereocenters. The van der Waals surface area contributed by atoms with E-state index in [1.807, 2.05) is 4.90 Å². The number of carbonyl (C=O) groups is 1. The minimum Gasteiger partial charge on any atom is -0.489 e. The van der Waals surface area contributed by atoms with Gasteiger partial charge in [-0.05, 0) is 45.7 Å². The van der Waals surface area contributed by atoms with E-state index >= 15 is 0 Å². The Morgan fingerprint density at radius 3 is 2.46 bits per heavy atom. The van der Waals surface area contributed by atoms with Gasteiger partial charge in [0, 0.05) is 24.8 Å². The molecule has 6 nitrogen and oxygen atoms in total. The molecule has 3 N–H and O–H groups in total. The Bertz CT molecular complexity index is 667. The van der Waals surface area contributed by atoms with Crippen molar-refractivity contribution in [3.05, 3.63) is 18.2 Å². The normalized spacial score (nSPS) is 16.0. The first kappa shape index (κ1) is 22.0. The van der Waals surface area contributed by atoms with Crippen molar-refractivity contribution in [1.29, 1.82) is 0 Å². The molecule has 0 unspecified atom stereocenters. The second-order valence-electron chi connectivity index (χ2n) is 7.81. The average molecular weight is 403 g/mol. The predicted octanol–water partition coefficient (Wildman–Crippen LogP) is 3.95. The lowest BCUT2D eigenvalue weighted by molar-refractivity contribution is -0.179. The van der Waals surface area contributed by atoms with Gasteiger partial charge in [-0.25, -0.2) is 4.79 Å². The van der Waals surface area contributed by atoms with Crippen molar-refractivity contribution in [1.82, 2.24) is 5.32 Å². The van der Waals surface area contributed by atoms with Crippen molar-refractivity contribution in [2.45, 2.75) is 45.4 Å². The Balaban J connectivity index is 1.91. The summed E-state index contributed by atoms with van der Waals surface area (Å²) in [5.41, 5.74) is 6.42. The molecule has 1 aromatic carbocycles. The molecular formula is C19H28F3N3O3. The van der Waals surface area contributed by atoms with Gasteiger partial charge in [0.15, 0.2) is 0 Å². The van der Waals surface area contributed by atoms with E-state index in [4.69, 9.17) is 15.2 Å². The zero-order valence-electron chi connectivity index (χ0n) is 16.4. The minimum absolute atomic E-state index is 0.0491. The van der Waals surface area contributed by atoms with Crippen molar-refractivity contribution in [3.8, 4) is 5.75 Å². The van der Waals surface area contributed by atoms with Crippen LogP contribution in [0, 0.1) is 5.92 Å². The molecule has 0 radical (unpaired) electrons. The van der Waals surface area contributed by atoms with Gasteiger partial charge in [0.1, 0.15) is 18.0 Å². The fourth-order valence-corrected chi connectivity index (χ4v) is 2.98. The van der Waals surface area contributed by atoms with Gasteiger partial charge >= 0.3 is 12.3 Å². The first-order valence-electron chi connectivity index (χ1n) is 9.26. The Kier molecular flexibility index (Phi) is 6.90. The maximum atomic E-state index is 12.9. The van der Waals surface area contributed by atoms with Gasteiger partial charge in [0.25, 0.3) is 0 Å². The van der Waals surface area contributed by atoms with Crippen LogP contribution in [0.5, 0.6) is 5.75 Å². The molecule has 0 spiro atoms. The van der Waals surface area contributed by atoms with Crippen LogP contribution in [-0.2, 0) is 4.74 Å². The quantitative estimate of drug-likeness (QED) is 0.575. The number of nitrogens with two attached hydrogens (primary N) is 1. The topological polar surface area (TPSA) is 76.8 Å². The molecule has 0 saturated carbocycles. The number of hydrogen-bond acceptors (Lipinski definition) is 5. The third kappa shape index (κ3) is 6.69. The lowest BCUT2D eigenvalue weighted by Crippen LogP contribution is -2.39. The van der Waals surface area contributed by atoms with E-state index in [1.54, 1.807) is 39.0 Å². The molecule has 1 fully saturated rings. The van der Waals surface area contributed by atoms with Crippen LogP contribution >= 0.6 is 0 Å². The third-order valence-electron chi connectivity index (χ3n) is 4.31. The lowest BCUT2D eigenvalue weighted by atomic mass is 9.96. The molecule has 1 heterocycles. The molecule has 1 saturated heterocycles. The fourth-order valence-electron chi connectivity index (χ4n) is 2.98. The number of benzene rings is 1. The van der Waals surface area contributed by atoms with E-state index in [9.17, 15) is 18.0 Å². The Labute approximate surface area is 163 Å². The first-order chi connectivity index (χ1) is 13.0. The Hall–Kier alpha value is -2.32. The number of anilines is 2. The lowest BCUT2D eigenvalue weighted by Gasteiger charge is -2.35. The van der Waals surface area contributed by atoms with Crippen LogP contribution in [-0.4, -0.2) is 44.1 Å². The van der Waals surface area contributed by atoms with E-state index in [1.165, 1.54) is 0 Å². The molecular weight excluding hydrogens is 375 g/mol. The largest absolute Gasteiger partial charge is 0.489 e. The maximum absolute atomic E-state index is 12.9. The molecule has 0 aliphatic carbocycles. The number of halogens is 3. The molecule has 1 aromatic rings. The van der Waals surface area contributed by atoms with Crippen molar-refractivity contribution >= 4 is 17.5 Å². The molecule has 1 aliphatic heterocycles. The van der Waals surface area contributed by atoms with Crippen molar-refractivity contribution in [2.75, 3.05) is 36.9 Å². The molecule has 28 heavy (non-hydrogen) atoms. The van der Waals surface area contributed by atoms with Crippen LogP contribution in [0.3, 0.4) is 0 Å². The molecule has 9 heteroatoms. The second kappa shape index (κ2) is 8.79. The van der Waals surface area contributed by atoms with E-state index in [2.05, 4.69) is 5.32 Å². The monoisotopic (exact) mass is 403 g/mol. The summed E-state index contributed by atoms with van der Waals surface area (Å²) in [5, 5.41) is 2.59. The summed E-state index contributed by atoms with van der Waals surface area (Å²) >= 11 is 0. The van der Waals surface area contributed by atoms with Gasteiger partial charge in [0.2, 0.25) is 0 Å². The number of nitrogens with one attached hydrogen (secondary N) is 1. The number of hydrogen-bond donors (Lipinski definition) is 2. The number of rotatable bonds is 5. The van der Waals surface area contributed by atoms with Gasteiger partial charge in [-0.2, -0.15) is 13.2 Å². The summed E-state index contributed by atoms with van der Waals surface area (Å²) in [7, 11) is 0. The van der Waals surface area contributed by atoms with Crippen molar-refractivity contribution in [2.24, 2.45) is 5.92 Å². The Morgan fingerprint density at radius 2 is 1.89 bits per heavy atom. The highest BCUT2D eigenvalue weighted by Crippen LogP contribution is 2.38. The van der Waals surface area contributed by atoms with E-state index in [0.717, 1.165) is 0 Å². The SMILES string of the molecule is CC(C)(C)OC(=O)NCCOc1cc(N)ccc1N1CCC(C(F)(F)F)CC1. The van der Waals surface area contributed by atoms with Gasteiger partial charge in [-0.3, -0.25) is 0 Å². The highest BCUT2D eigenvalue weighted by Gasteiger charge is 2.41. The number of alkyl halides is 3. The van der Waals surface area contributed by atoms with Crippen LogP contribution in [0.4, 0.5) is 29.3 Å². The summed E-state index contributed by atoms with van der Waals surface area (Å²) in [6, 6.07) is 5.08. The van der Waals surface area contributed by atoms with Gasteiger partial charge in [-0.1, -0.05) is 0 Å². The fraction of sp³-hybridized carbons (Fsp3) is 0.632. The highest BCUT2D eigenvalue weighted by molar-refractivity contribution is 5.67. The van der Waals surface area contributed by atoms with Crippen LogP contribution in [0.15, 0.2) is 18.2 Å². The molecule has 1 amide bonds. The van der Waals surface area contributed by atoms with E-state index < -0.39 is 23.8 Å². The Morgan fingerprint density at radius 1 is 1.25 bits per heavy atom. The van der Waals surface area contributed by atoms with Gasteiger partial charge < -0.3 is 25.4 Å². The number of piperidine rings is 1. The van der Waals surface area contributed by atoms with Gasteiger partial charge in [0.05, 0.1) is 18.2 Å². The minimum atomic E-state index is -4.15.